The minimum Gasteiger partial charge on any atom is -0.392 e. The van der Waals surface area contributed by atoms with Crippen molar-refractivity contribution in [3.8, 4) is 0 Å². The molecule has 0 aliphatic rings. The average molecular weight is 262 g/mol. The summed E-state index contributed by atoms with van der Waals surface area (Å²) in [5.74, 6) is -0.575. The number of benzene rings is 1. The molecule has 0 aliphatic carbocycles. The number of anilines is 1. The standard InChI is InChI=1S/C11H13F3N2O2/c12-11(13,14)7-15-5-10(18)16-9-3-1-2-8(4-9)6-17/h1-4,15,17H,5-7H2,(H,16,18). The highest BCUT2D eigenvalue weighted by atomic mass is 19.4. The Labute approximate surface area is 102 Å². The van der Waals surface area contributed by atoms with E-state index in [1.807, 2.05) is 5.32 Å². The minimum absolute atomic E-state index is 0.171. The fourth-order valence-electron chi connectivity index (χ4n) is 1.27. The molecule has 0 radical (unpaired) electrons. The van der Waals surface area contributed by atoms with Crippen LogP contribution in [0.2, 0.25) is 0 Å². The van der Waals surface area contributed by atoms with E-state index in [1.165, 1.54) is 0 Å². The van der Waals surface area contributed by atoms with Crippen molar-refractivity contribution in [2.24, 2.45) is 0 Å². The van der Waals surface area contributed by atoms with Crippen molar-refractivity contribution in [3.05, 3.63) is 29.8 Å². The summed E-state index contributed by atoms with van der Waals surface area (Å²) in [6.45, 7) is -1.81. The second-order valence-corrected chi connectivity index (χ2v) is 3.63. The molecule has 0 aromatic heterocycles. The zero-order chi connectivity index (χ0) is 13.6. The molecule has 4 nitrogen and oxygen atoms in total. The van der Waals surface area contributed by atoms with Crippen molar-refractivity contribution < 1.29 is 23.1 Å². The van der Waals surface area contributed by atoms with Crippen molar-refractivity contribution in [1.82, 2.24) is 5.32 Å². The summed E-state index contributed by atoms with van der Waals surface area (Å²) in [5.41, 5.74) is 1.04. The van der Waals surface area contributed by atoms with Gasteiger partial charge in [-0.3, -0.25) is 4.79 Å². The molecule has 3 N–H and O–H groups in total. The van der Waals surface area contributed by atoms with Gasteiger partial charge in [0.15, 0.2) is 0 Å². The number of amides is 1. The molecule has 1 aromatic carbocycles. The number of aliphatic hydroxyl groups excluding tert-OH is 1. The highest BCUT2D eigenvalue weighted by Gasteiger charge is 2.26. The molecule has 0 heterocycles. The molecule has 1 rings (SSSR count). The van der Waals surface area contributed by atoms with Crippen LogP contribution in [-0.2, 0) is 11.4 Å². The molecule has 18 heavy (non-hydrogen) atoms. The van der Waals surface area contributed by atoms with Gasteiger partial charge in [0.1, 0.15) is 0 Å². The molecular formula is C11H13F3N2O2. The van der Waals surface area contributed by atoms with Crippen LogP contribution < -0.4 is 10.6 Å². The maximum atomic E-state index is 11.8. The predicted molar refractivity (Wildman–Crippen MR) is 59.9 cm³/mol. The molecule has 1 aromatic rings. The molecule has 0 fully saturated rings. The molecule has 0 bridgehead atoms. The van der Waals surface area contributed by atoms with Crippen molar-refractivity contribution in [2.45, 2.75) is 12.8 Å². The first-order valence-electron chi connectivity index (χ1n) is 5.18. The number of carbonyl (C=O) groups is 1. The lowest BCUT2D eigenvalue weighted by atomic mass is 10.2. The molecule has 1 amide bonds. The van der Waals surface area contributed by atoms with Crippen LogP contribution >= 0.6 is 0 Å². The summed E-state index contributed by atoms with van der Waals surface area (Å²) < 4.78 is 35.4. The fourth-order valence-corrected chi connectivity index (χ4v) is 1.27. The second kappa shape index (κ2) is 6.36. The Morgan fingerprint density at radius 2 is 2.06 bits per heavy atom. The van der Waals surface area contributed by atoms with Crippen molar-refractivity contribution in [3.63, 3.8) is 0 Å². The number of rotatable bonds is 5. The van der Waals surface area contributed by atoms with E-state index in [9.17, 15) is 18.0 Å². The van der Waals surface area contributed by atoms with Crippen LogP contribution in [-0.4, -0.2) is 30.3 Å². The highest BCUT2D eigenvalue weighted by Crippen LogP contribution is 2.12. The van der Waals surface area contributed by atoms with E-state index >= 15 is 0 Å². The molecular weight excluding hydrogens is 249 g/mol. The number of alkyl halides is 3. The summed E-state index contributed by atoms with van der Waals surface area (Å²) in [6, 6.07) is 6.42. The van der Waals surface area contributed by atoms with Crippen LogP contribution in [0.15, 0.2) is 24.3 Å². The maximum Gasteiger partial charge on any atom is 0.401 e. The number of hydrogen-bond donors (Lipinski definition) is 3. The Balaban J connectivity index is 2.40. The van der Waals surface area contributed by atoms with Gasteiger partial charge in [0.2, 0.25) is 5.91 Å². The van der Waals surface area contributed by atoms with Crippen molar-refractivity contribution in [2.75, 3.05) is 18.4 Å². The largest absolute Gasteiger partial charge is 0.401 e. The van der Waals surface area contributed by atoms with Gasteiger partial charge in [-0.25, -0.2) is 0 Å². The summed E-state index contributed by atoms with van der Waals surface area (Å²) in [5, 5.41) is 13.3. The van der Waals surface area contributed by atoms with Crippen LogP contribution in [0.3, 0.4) is 0 Å². The highest BCUT2D eigenvalue weighted by molar-refractivity contribution is 5.92. The molecule has 100 valence electrons. The molecule has 0 spiro atoms. The van der Waals surface area contributed by atoms with Gasteiger partial charge >= 0.3 is 6.18 Å². The van der Waals surface area contributed by atoms with Gasteiger partial charge in [-0.05, 0) is 17.7 Å². The van der Waals surface area contributed by atoms with Crippen LogP contribution in [0.1, 0.15) is 5.56 Å². The van der Waals surface area contributed by atoms with E-state index in [4.69, 9.17) is 5.11 Å². The minimum atomic E-state index is -4.34. The Kier molecular flexibility index (Phi) is 5.11. The smallest absolute Gasteiger partial charge is 0.392 e. The predicted octanol–water partition coefficient (Wildman–Crippen LogP) is 1.27. The van der Waals surface area contributed by atoms with Crippen LogP contribution in [0.5, 0.6) is 0 Å². The molecule has 0 unspecified atom stereocenters. The molecule has 0 saturated carbocycles. The first-order valence-corrected chi connectivity index (χ1v) is 5.18. The van der Waals surface area contributed by atoms with Crippen LogP contribution in [0.4, 0.5) is 18.9 Å². The Morgan fingerprint density at radius 3 is 2.67 bits per heavy atom. The lowest BCUT2D eigenvalue weighted by molar-refractivity contribution is -0.126. The van der Waals surface area contributed by atoms with Crippen molar-refractivity contribution in [1.29, 1.82) is 0 Å². The number of carbonyl (C=O) groups excluding carboxylic acids is 1. The monoisotopic (exact) mass is 262 g/mol. The van der Waals surface area contributed by atoms with E-state index in [-0.39, 0.29) is 6.61 Å². The third-order valence-corrected chi connectivity index (χ3v) is 2.00. The zero-order valence-electron chi connectivity index (χ0n) is 9.42. The summed E-state index contributed by atoms with van der Waals surface area (Å²) in [7, 11) is 0. The van der Waals surface area contributed by atoms with E-state index in [0.717, 1.165) is 0 Å². The third-order valence-electron chi connectivity index (χ3n) is 2.00. The Bertz CT molecular complexity index is 408. The average Bonchev–Trinajstić information content (AvgIpc) is 2.27. The Hall–Kier alpha value is -1.60. The van der Waals surface area contributed by atoms with Gasteiger partial charge in [-0.2, -0.15) is 13.2 Å². The van der Waals surface area contributed by atoms with E-state index in [1.54, 1.807) is 24.3 Å². The van der Waals surface area contributed by atoms with E-state index in [2.05, 4.69) is 5.32 Å². The second-order valence-electron chi connectivity index (χ2n) is 3.63. The first kappa shape index (κ1) is 14.5. The zero-order valence-corrected chi connectivity index (χ0v) is 9.42. The van der Waals surface area contributed by atoms with Gasteiger partial charge in [0.05, 0.1) is 19.7 Å². The lowest BCUT2D eigenvalue weighted by Crippen LogP contribution is -2.35. The summed E-state index contributed by atoms with van der Waals surface area (Å²) >= 11 is 0. The molecule has 7 heteroatoms. The quantitative estimate of drug-likeness (QED) is 0.749. The van der Waals surface area contributed by atoms with Gasteiger partial charge in [0, 0.05) is 5.69 Å². The van der Waals surface area contributed by atoms with Gasteiger partial charge in [-0.1, -0.05) is 12.1 Å². The van der Waals surface area contributed by atoms with Crippen LogP contribution in [0.25, 0.3) is 0 Å². The van der Waals surface area contributed by atoms with Gasteiger partial charge in [0.25, 0.3) is 0 Å². The van der Waals surface area contributed by atoms with Gasteiger partial charge < -0.3 is 15.7 Å². The van der Waals surface area contributed by atoms with E-state index in [0.29, 0.717) is 11.3 Å². The lowest BCUT2D eigenvalue weighted by Gasteiger charge is -2.09. The number of halogens is 3. The number of hydrogen-bond acceptors (Lipinski definition) is 3. The topological polar surface area (TPSA) is 61.4 Å². The number of nitrogens with one attached hydrogen (secondary N) is 2. The molecule has 0 aliphatic heterocycles. The van der Waals surface area contributed by atoms with Crippen molar-refractivity contribution >= 4 is 11.6 Å². The maximum absolute atomic E-state index is 11.8. The SMILES string of the molecule is O=C(CNCC(F)(F)F)Nc1cccc(CO)c1. The molecule has 0 atom stereocenters. The van der Waals surface area contributed by atoms with E-state index < -0.39 is 25.2 Å². The summed E-state index contributed by atoms with van der Waals surface area (Å²) in [4.78, 5) is 11.3. The fraction of sp³-hybridized carbons (Fsp3) is 0.364. The molecule has 0 saturated heterocycles. The number of aliphatic hydroxyl groups is 1. The Morgan fingerprint density at radius 1 is 1.33 bits per heavy atom. The summed E-state index contributed by atoms with van der Waals surface area (Å²) in [6.07, 6.45) is -4.34. The van der Waals surface area contributed by atoms with Crippen LogP contribution in [0, 0.1) is 0 Å². The normalized spacial score (nSPS) is 11.3. The first-order chi connectivity index (χ1) is 8.40. The van der Waals surface area contributed by atoms with Gasteiger partial charge in [-0.15, -0.1) is 0 Å². The third kappa shape index (κ3) is 5.65.